The molecule has 3 nitrogen and oxygen atoms in total. The Balaban J connectivity index is 0.00000225. The van der Waals surface area contributed by atoms with Crippen LogP contribution in [0.15, 0.2) is 48.5 Å². The molecule has 0 radical (unpaired) electrons. The summed E-state index contributed by atoms with van der Waals surface area (Å²) in [6.45, 7) is 2.90. The van der Waals surface area contributed by atoms with Crippen LogP contribution < -0.4 is 10.6 Å². The lowest BCUT2D eigenvalue weighted by molar-refractivity contribution is -0.125. The van der Waals surface area contributed by atoms with Crippen molar-refractivity contribution in [1.29, 1.82) is 0 Å². The third kappa shape index (κ3) is 4.35. The molecule has 3 rings (SSSR count). The van der Waals surface area contributed by atoms with Crippen molar-refractivity contribution in [3.05, 3.63) is 71.3 Å². The molecule has 134 valence electrons. The first kappa shape index (κ1) is 19.3. The van der Waals surface area contributed by atoms with Gasteiger partial charge in [-0.05, 0) is 24.1 Å². The van der Waals surface area contributed by atoms with E-state index in [-0.39, 0.29) is 36.2 Å². The molecule has 2 N–H and O–H groups in total. The van der Waals surface area contributed by atoms with E-state index in [1.165, 1.54) is 12.1 Å². The van der Waals surface area contributed by atoms with Gasteiger partial charge in [-0.1, -0.05) is 36.4 Å². The summed E-state index contributed by atoms with van der Waals surface area (Å²) >= 11 is 0. The summed E-state index contributed by atoms with van der Waals surface area (Å²) in [6, 6.07) is 13.1. The number of amides is 1. The molecular formula is C19H21ClF2N2O. The third-order valence-electron chi connectivity index (χ3n) is 4.57. The van der Waals surface area contributed by atoms with Gasteiger partial charge in [0.1, 0.15) is 11.6 Å². The second-order valence-corrected chi connectivity index (χ2v) is 6.18. The van der Waals surface area contributed by atoms with E-state index in [1.807, 2.05) is 37.3 Å². The summed E-state index contributed by atoms with van der Waals surface area (Å²) in [4.78, 5) is 12.6. The summed E-state index contributed by atoms with van der Waals surface area (Å²) in [5, 5.41) is 6.13. The Hall–Kier alpha value is -1.98. The molecule has 2 aromatic carbocycles. The zero-order chi connectivity index (χ0) is 17.1. The first-order chi connectivity index (χ1) is 11.6. The molecule has 0 spiro atoms. The van der Waals surface area contributed by atoms with E-state index in [1.54, 1.807) is 0 Å². The standard InChI is InChI=1S/C19H20F2N2O.ClH/c1-12(13-5-3-2-4-6-13)23-19(24)17-11-22-10-16(17)15-8-7-14(20)9-18(15)21;/h2-9,12,16-17,22H,10-11H2,1H3,(H,23,24);1H/t12-,16+,17-;/m1./s1. The van der Waals surface area contributed by atoms with E-state index < -0.39 is 11.6 Å². The highest BCUT2D eigenvalue weighted by Gasteiger charge is 2.35. The Morgan fingerprint density at radius 2 is 1.88 bits per heavy atom. The van der Waals surface area contributed by atoms with Crippen LogP contribution in [0, 0.1) is 17.6 Å². The molecule has 3 atom stereocenters. The van der Waals surface area contributed by atoms with Gasteiger partial charge < -0.3 is 10.6 Å². The molecule has 0 aliphatic carbocycles. The molecule has 1 heterocycles. The van der Waals surface area contributed by atoms with E-state index in [4.69, 9.17) is 0 Å². The Labute approximate surface area is 152 Å². The topological polar surface area (TPSA) is 41.1 Å². The molecule has 1 saturated heterocycles. The van der Waals surface area contributed by atoms with Gasteiger partial charge in [0.2, 0.25) is 5.91 Å². The monoisotopic (exact) mass is 366 g/mol. The van der Waals surface area contributed by atoms with E-state index in [0.29, 0.717) is 18.7 Å². The maximum absolute atomic E-state index is 14.1. The molecule has 1 aliphatic heterocycles. The zero-order valence-corrected chi connectivity index (χ0v) is 14.7. The van der Waals surface area contributed by atoms with Gasteiger partial charge in [-0.25, -0.2) is 8.78 Å². The van der Waals surface area contributed by atoms with Crippen LogP contribution in [0.5, 0.6) is 0 Å². The van der Waals surface area contributed by atoms with Gasteiger partial charge in [-0.2, -0.15) is 0 Å². The van der Waals surface area contributed by atoms with Crippen LogP contribution in [-0.4, -0.2) is 19.0 Å². The van der Waals surface area contributed by atoms with Crippen molar-refractivity contribution < 1.29 is 13.6 Å². The van der Waals surface area contributed by atoms with Crippen molar-refractivity contribution in [3.63, 3.8) is 0 Å². The van der Waals surface area contributed by atoms with E-state index in [9.17, 15) is 13.6 Å². The maximum Gasteiger partial charge on any atom is 0.225 e. The molecule has 0 bridgehead atoms. The van der Waals surface area contributed by atoms with Crippen molar-refractivity contribution in [2.75, 3.05) is 13.1 Å². The highest BCUT2D eigenvalue weighted by atomic mass is 35.5. The van der Waals surface area contributed by atoms with Gasteiger partial charge in [0.25, 0.3) is 0 Å². The molecule has 1 amide bonds. The van der Waals surface area contributed by atoms with Crippen LogP contribution in [0.3, 0.4) is 0 Å². The first-order valence-electron chi connectivity index (χ1n) is 8.07. The molecule has 0 unspecified atom stereocenters. The fourth-order valence-electron chi connectivity index (χ4n) is 3.23. The van der Waals surface area contributed by atoms with Crippen LogP contribution in [-0.2, 0) is 4.79 Å². The number of halogens is 3. The van der Waals surface area contributed by atoms with Gasteiger partial charge in [-0.3, -0.25) is 4.79 Å². The average Bonchev–Trinajstić information content (AvgIpc) is 3.05. The number of hydrogen-bond donors (Lipinski definition) is 2. The summed E-state index contributed by atoms with van der Waals surface area (Å²) in [7, 11) is 0. The smallest absolute Gasteiger partial charge is 0.225 e. The number of rotatable bonds is 4. The Morgan fingerprint density at radius 3 is 2.56 bits per heavy atom. The molecule has 2 aromatic rings. The lowest BCUT2D eigenvalue weighted by atomic mass is 9.87. The molecule has 0 aromatic heterocycles. The molecular weight excluding hydrogens is 346 g/mol. The molecule has 1 aliphatic rings. The van der Waals surface area contributed by atoms with E-state index in [0.717, 1.165) is 11.6 Å². The predicted molar refractivity (Wildman–Crippen MR) is 95.7 cm³/mol. The zero-order valence-electron chi connectivity index (χ0n) is 13.8. The second-order valence-electron chi connectivity index (χ2n) is 6.18. The average molecular weight is 367 g/mol. The fourth-order valence-corrected chi connectivity index (χ4v) is 3.23. The van der Waals surface area contributed by atoms with Crippen molar-refractivity contribution >= 4 is 18.3 Å². The van der Waals surface area contributed by atoms with Crippen molar-refractivity contribution in [3.8, 4) is 0 Å². The van der Waals surface area contributed by atoms with Crippen LogP contribution >= 0.6 is 12.4 Å². The minimum atomic E-state index is -0.610. The lowest BCUT2D eigenvalue weighted by Crippen LogP contribution is -2.36. The second kappa shape index (κ2) is 8.41. The summed E-state index contributed by atoms with van der Waals surface area (Å²) in [5.41, 5.74) is 1.40. The summed E-state index contributed by atoms with van der Waals surface area (Å²) in [5.74, 6) is -2.01. The summed E-state index contributed by atoms with van der Waals surface area (Å²) in [6.07, 6.45) is 0. The molecule has 0 saturated carbocycles. The Bertz CT molecular complexity index is 727. The SMILES string of the molecule is C[C@@H](NC(=O)[C@@H]1CNC[C@H]1c1ccc(F)cc1F)c1ccccc1.Cl. The first-order valence-corrected chi connectivity index (χ1v) is 8.07. The number of carbonyl (C=O) groups is 1. The number of nitrogens with one attached hydrogen (secondary N) is 2. The van der Waals surface area contributed by atoms with E-state index >= 15 is 0 Å². The largest absolute Gasteiger partial charge is 0.349 e. The van der Waals surface area contributed by atoms with Crippen LogP contribution in [0.2, 0.25) is 0 Å². The quantitative estimate of drug-likeness (QED) is 0.868. The lowest BCUT2D eigenvalue weighted by Gasteiger charge is -2.22. The van der Waals surface area contributed by atoms with Crippen molar-refractivity contribution in [2.45, 2.75) is 18.9 Å². The van der Waals surface area contributed by atoms with E-state index in [2.05, 4.69) is 10.6 Å². The third-order valence-corrected chi connectivity index (χ3v) is 4.57. The van der Waals surface area contributed by atoms with Gasteiger partial charge in [0.15, 0.2) is 0 Å². The molecule has 1 fully saturated rings. The van der Waals surface area contributed by atoms with Crippen LogP contribution in [0.25, 0.3) is 0 Å². The van der Waals surface area contributed by atoms with Gasteiger partial charge >= 0.3 is 0 Å². The predicted octanol–water partition coefficient (Wildman–Crippen LogP) is 3.57. The van der Waals surface area contributed by atoms with Gasteiger partial charge in [0.05, 0.1) is 12.0 Å². The van der Waals surface area contributed by atoms with Crippen LogP contribution in [0.4, 0.5) is 8.78 Å². The minimum Gasteiger partial charge on any atom is -0.349 e. The highest BCUT2D eigenvalue weighted by molar-refractivity contribution is 5.85. The number of benzene rings is 2. The van der Waals surface area contributed by atoms with Gasteiger partial charge in [0, 0.05) is 25.1 Å². The summed E-state index contributed by atoms with van der Waals surface area (Å²) < 4.78 is 27.2. The van der Waals surface area contributed by atoms with Crippen molar-refractivity contribution in [1.82, 2.24) is 10.6 Å². The fraction of sp³-hybridized carbons (Fsp3) is 0.316. The normalized spacial score (nSPS) is 20.6. The Kier molecular flexibility index (Phi) is 6.51. The van der Waals surface area contributed by atoms with Crippen LogP contribution in [0.1, 0.15) is 30.0 Å². The molecule has 25 heavy (non-hydrogen) atoms. The minimum absolute atomic E-state index is 0. The van der Waals surface area contributed by atoms with Crippen molar-refractivity contribution in [2.24, 2.45) is 5.92 Å². The number of hydrogen-bond acceptors (Lipinski definition) is 2. The Morgan fingerprint density at radius 1 is 1.16 bits per heavy atom. The van der Waals surface area contributed by atoms with Gasteiger partial charge in [-0.15, -0.1) is 12.4 Å². The highest BCUT2D eigenvalue weighted by Crippen LogP contribution is 2.31. The number of carbonyl (C=O) groups excluding carboxylic acids is 1. The maximum atomic E-state index is 14.1. The molecule has 6 heteroatoms.